The number of benzene rings is 11. The van der Waals surface area contributed by atoms with Crippen molar-refractivity contribution in [3.05, 3.63) is 320 Å². The molecule has 0 aromatic heterocycles. The SMILES string of the molecule is Cc1cc(C)cc(C)c1.Cc1ccc(-c2ccc(C)cc2)cc1.Cc1ccc(C)c2ccccc12.Cc1ccc(C)cc1.Cc1ccc2cc(C)ccc2c1.Cc1cccc(-c2cccc(C)c2)c1.Cc1cccc(C)c1. The second-order valence-electron chi connectivity index (χ2n) is 21.0. The number of aryl methyl sites for hydroxylation is 15. The minimum atomic E-state index is 1.29. The molecule has 0 spiro atoms. The molecule has 0 nitrogen and oxygen atoms in total. The van der Waals surface area contributed by atoms with Gasteiger partial charge in [-0.05, 0) is 159 Å². The van der Waals surface area contributed by atoms with Crippen LogP contribution in [-0.2, 0) is 0 Å². The Balaban J connectivity index is 0.000000167. The van der Waals surface area contributed by atoms with Crippen LogP contribution in [0.4, 0.5) is 0 Å². The van der Waals surface area contributed by atoms with Crippen LogP contribution in [0.1, 0.15) is 83.5 Å². The molecule has 0 atom stereocenters. The van der Waals surface area contributed by atoms with Crippen LogP contribution in [0, 0.1) is 104 Å². The van der Waals surface area contributed by atoms with Crippen molar-refractivity contribution >= 4 is 21.5 Å². The number of hydrogen-bond donors (Lipinski definition) is 0. The number of rotatable bonds is 2. The molecule has 0 radical (unpaired) electrons. The summed E-state index contributed by atoms with van der Waals surface area (Å²) in [6.07, 6.45) is 0. The number of fused-ring (bicyclic) bond motifs is 2. The van der Waals surface area contributed by atoms with E-state index in [2.05, 4.69) is 340 Å². The molecule has 392 valence electrons. The van der Waals surface area contributed by atoms with Crippen molar-refractivity contribution in [2.75, 3.05) is 0 Å². The zero-order valence-corrected chi connectivity index (χ0v) is 49.0. The lowest BCUT2D eigenvalue weighted by molar-refractivity contribution is 1.32. The Morgan fingerprint density at radius 1 is 0.156 bits per heavy atom. The van der Waals surface area contributed by atoms with E-state index in [-0.39, 0.29) is 0 Å². The summed E-state index contributed by atoms with van der Waals surface area (Å²) >= 11 is 0. The van der Waals surface area contributed by atoms with Crippen molar-refractivity contribution in [3.8, 4) is 22.3 Å². The third kappa shape index (κ3) is 21.2. The summed E-state index contributed by atoms with van der Waals surface area (Å²) in [7, 11) is 0. The van der Waals surface area contributed by atoms with E-state index < -0.39 is 0 Å². The fourth-order valence-electron chi connectivity index (χ4n) is 8.87. The first kappa shape index (κ1) is 59.8. The van der Waals surface area contributed by atoms with Crippen molar-refractivity contribution in [1.82, 2.24) is 0 Å². The van der Waals surface area contributed by atoms with Crippen LogP contribution in [0.3, 0.4) is 0 Å². The van der Waals surface area contributed by atoms with Gasteiger partial charge in [-0.2, -0.15) is 0 Å². The third-order valence-electron chi connectivity index (χ3n) is 13.1. The Morgan fingerprint density at radius 3 is 0.714 bits per heavy atom. The first-order valence-corrected chi connectivity index (χ1v) is 27.1. The van der Waals surface area contributed by atoms with Gasteiger partial charge in [0.15, 0.2) is 0 Å². The van der Waals surface area contributed by atoms with Gasteiger partial charge in [0, 0.05) is 0 Å². The Kier molecular flexibility index (Phi) is 23.7. The highest BCUT2D eigenvalue weighted by Gasteiger charge is 2.00. The minimum absolute atomic E-state index is 1.29. The quantitative estimate of drug-likeness (QED) is 0.162. The molecule has 0 aliphatic heterocycles. The van der Waals surface area contributed by atoms with Crippen molar-refractivity contribution < 1.29 is 0 Å². The van der Waals surface area contributed by atoms with E-state index in [9.17, 15) is 0 Å². The van der Waals surface area contributed by atoms with E-state index in [1.165, 1.54) is 127 Å². The first-order chi connectivity index (χ1) is 36.8. The first-order valence-electron chi connectivity index (χ1n) is 27.1. The molecule has 11 rings (SSSR count). The van der Waals surface area contributed by atoms with E-state index in [0.717, 1.165) is 0 Å². The lowest BCUT2D eigenvalue weighted by Crippen LogP contribution is -1.80. The highest BCUT2D eigenvalue weighted by Crippen LogP contribution is 2.23. The van der Waals surface area contributed by atoms with Crippen molar-refractivity contribution in [1.29, 1.82) is 0 Å². The predicted octanol–water partition coefficient (Wildman–Crippen LogP) is 22.1. The summed E-state index contributed by atoms with van der Waals surface area (Å²) < 4.78 is 0. The summed E-state index contributed by atoms with van der Waals surface area (Å²) in [6.45, 7) is 31.8. The largest absolute Gasteiger partial charge is 0.0617 e. The highest BCUT2D eigenvalue weighted by molar-refractivity contribution is 5.88. The normalized spacial score (nSPS) is 10.0. The molecule has 0 bridgehead atoms. The van der Waals surface area contributed by atoms with Crippen LogP contribution in [0.15, 0.2) is 237 Å². The molecule has 11 aromatic carbocycles. The van der Waals surface area contributed by atoms with Crippen molar-refractivity contribution in [2.45, 2.75) is 104 Å². The molecular weight excluding hydrogens is 925 g/mol. The summed E-state index contributed by atoms with van der Waals surface area (Å²) in [5, 5.41) is 5.41. The van der Waals surface area contributed by atoms with Gasteiger partial charge in [0.2, 0.25) is 0 Å². The van der Waals surface area contributed by atoms with Crippen LogP contribution < -0.4 is 0 Å². The molecule has 0 saturated carbocycles. The van der Waals surface area contributed by atoms with Gasteiger partial charge in [-0.3, -0.25) is 0 Å². The lowest BCUT2D eigenvalue weighted by atomic mass is 10.0. The zero-order valence-electron chi connectivity index (χ0n) is 49.0. The van der Waals surface area contributed by atoms with Crippen molar-refractivity contribution in [3.63, 3.8) is 0 Å². The Bertz CT molecular complexity index is 3270. The van der Waals surface area contributed by atoms with Crippen molar-refractivity contribution in [2.24, 2.45) is 0 Å². The van der Waals surface area contributed by atoms with Gasteiger partial charge in [-0.1, -0.05) is 309 Å². The molecule has 0 amide bonds. The topological polar surface area (TPSA) is 0 Å². The molecular formula is C77H84. The van der Waals surface area contributed by atoms with Gasteiger partial charge < -0.3 is 0 Å². The summed E-state index contributed by atoms with van der Waals surface area (Å²) in [4.78, 5) is 0. The molecule has 0 aliphatic rings. The Labute approximate surface area is 465 Å². The fraction of sp³-hybridized carbons (Fsp3) is 0.195. The standard InChI is InChI=1S/2C14H14.2C12H12.C9H12.2C8H10/c1-11-3-7-13(8-4-11)14-9-5-12(2)6-10-14;1-11-5-3-7-13(9-11)14-8-4-6-12(2)10-14;1-9-3-5-12-8-10(2)4-6-11(12)7-9;1-9-7-8-10(2)12-6-4-3-5-11(9)12;1-7-4-8(2)6-9(3)5-7;1-7-3-5-8(2)6-4-7;1-7-4-3-5-8(2)6-7/h2*3-10H,1-2H3;2*3-8H,1-2H3;4-6H,1-3H3;2*3-6H,1-2H3. The molecule has 0 aliphatic carbocycles. The van der Waals surface area contributed by atoms with Gasteiger partial charge in [0.25, 0.3) is 0 Å². The number of hydrogen-bond acceptors (Lipinski definition) is 0. The summed E-state index contributed by atoms with van der Waals surface area (Å²) in [5.74, 6) is 0. The molecule has 0 fully saturated rings. The monoisotopic (exact) mass is 1010 g/mol. The zero-order chi connectivity index (χ0) is 55.9. The van der Waals surface area contributed by atoms with Crippen LogP contribution in [0.2, 0.25) is 0 Å². The van der Waals surface area contributed by atoms with Crippen LogP contribution in [0.25, 0.3) is 43.8 Å². The average Bonchev–Trinajstić information content (AvgIpc) is 3.40. The Morgan fingerprint density at radius 2 is 0.416 bits per heavy atom. The smallest absolute Gasteiger partial charge is 0.0152 e. The molecule has 0 unspecified atom stereocenters. The lowest BCUT2D eigenvalue weighted by Gasteiger charge is -2.03. The molecule has 0 N–H and O–H groups in total. The molecule has 11 aromatic rings. The fourth-order valence-corrected chi connectivity index (χ4v) is 8.87. The summed E-state index contributed by atoms with van der Waals surface area (Å²) in [6, 6.07) is 83.9. The van der Waals surface area contributed by atoms with Gasteiger partial charge >= 0.3 is 0 Å². The van der Waals surface area contributed by atoms with E-state index in [0.29, 0.717) is 0 Å². The van der Waals surface area contributed by atoms with E-state index in [1.807, 2.05) is 0 Å². The van der Waals surface area contributed by atoms with E-state index >= 15 is 0 Å². The average molecular weight is 1010 g/mol. The minimum Gasteiger partial charge on any atom is -0.0617 e. The molecule has 0 saturated heterocycles. The second kappa shape index (κ2) is 30.5. The van der Waals surface area contributed by atoms with Crippen LogP contribution >= 0.6 is 0 Å². The third-order valence-corrected chi connectivity index (χ3v) is 13.1. The van der Waals surface area contributed by atoms with Gasteiger partial charge in [0.05, 0.1) is 0 Å². The van der Waals surface area contributed by atoms with E-state index in [4.69, 9.17) is 0 Å². The maximum absolute atomic E-state index is 2.22. The second-order valence-corrected chi connectivity index (χ2v) is 21.0. The predicted molar refractivity (Wildman–Crippen MR) is 342 cm³/mol. The Hall–Kier alpha value is -8.06. The van der Waals surface area contributed by atoms with E-state index in [1.54, 1.807) is 0 Å². The maximum atomic E-state index is 2.22. The molecule has 0 heteroatoms. The van der Waals surface area contributed by atoms with Crippen LogP contribution in [0.5, 0.6) is 0 Å². The van der Waals surface area contributed by atoms with Gasteiger partial charge in [-0.25, -0.2) is 0 Å². The molecule has 0 heterocycles. The van der Waals surface area contributed by atoms with Gasteiger partial charge in [-0.15, -0.1) is 0 Å². The maximum Gasteiger partial charge on any atom is -0.0152 e. The van der Waals surface area contributed by atoms with Crippen LogP contribution in [-0.4, -0.2) is 0 Å². The summed E-state index contributed by atoms with van der Waals surface area (Å²) in [5.41, 5.74) is 25.2. The highest BCUT2D eigenvalue weighted by atomic mass is 14.0. The van der Waals surface area contributed by atoms with Gasteiger partial charge in [0.1, 0.15) is 0 Å². The molecule has 77 heavy (non-hydrogen) atoms.